The Morgan fingerprint density at radius 2 is 2.05 bits per heavy atom. The number of ether oxygens (including phenoxy) is 2. The van der Waals surface area contributed by atoms with E-state index in [1.54, 1.807) is 0 Å². The van der Waals surface area contributed by atoms with Crippen molar-refractivity contribution in [2.24, 2.45) is 11.8 Å². The summed E-state index contributed by atoms with van der Waals surface area (Å²) in [4.78, 5) is 12.9. The van der Waals surface area contributed by atoms with Crippen molar-refractivity contribution >= 4 is 6.47 Å². The highest BCUT2D eigenvalue weighted by molar-refractivity contribution is 5.54. The van der Waals surface area contributed by atoms with Crippen LogP contribution in [0.2, 0.25) is 0 Å². The van der Waals surface area contributed by atoms with E-state index in [4.69, 9.17) is 9.47 Å². The van der Waals surface area contributed by atoms with Crippen LogP contribution in [0.15, 0.2) is 23.8 Å². The van der Waals surface area contributed by atoms with Crippen molar-refractivity contribution in [1.29, 1.82) is 0 Å². The first-order valence-corrected chi connectivity index (χ1v) is 15.3. The van der Waals surface area contributed by atoms with E-state index in [1.807, 2.05) is 6.07 Å². The molecular weight excluding hydrogens is 490 g/mol. The number of phenols is 1. The van der Waals surface area contributed by atoms with E-state index in [1.165, 1.54) is 25.7 Å². The second-order valence-electron chi connectivity index (χ2n) is 13.5. The number of β-amino-alcohol motifs (C(OH)–C–C–N with tert-alkyl or cyclic N) is 1. The number of fused-ring (bicyclic) bond motifs is 3. The smallest absolute Gasteiger partial charge is 0.293 e. The summed E-state index contributed by atoms with van der Waals surface area (Å²) in [6.45, 7) is 14.5. The van der Waals surface area contributed by atoms with Gasteiger partial charge in [0.25, 0.3) is 6.47 Å². The lowest BCUT2D eigenvalue weighted by Gasteiger charge is -2.48. The third-order valence-electron chi connectivity index (χ3n) is 9.63. The molecule has 6 heteroatoms. The fourth-order valence-corrected chi connectivity index (χ4v) is 7.21. The number of likely N-dealkylation sites (tertiary alicyclic amines) is 1. The molecule has 3 aliphatic rings. The summed E-state index contributed by atoms with van der Waals surface area (Å²) in [6, 6.07) is 4.15. The van der Waals surface area contributed by atoms with E-state index in [-0.39, 0.29) is 22.9 Å². The maximum absolute atomic E-state index is 11.4. The Morgan fingerprint density at radius 1 is 1.26 bits per heavy atom. The second kappa shape index (κ2) is 12.6. The molecule has 1 fully saturated rings. The van der Waals surface area contributed by atoms with E-state index in [0.717, 1.165) is 67.6 Å². The van der Waals surface area contributed by atoms with Gasteiger partial charge in [0.15, 0.2) is 0 Å². The minimum Gasteiger partial charge on any atom is -0.508 e. The summed E-state index contributed by atoms with van der Waals surface area (Å²) in [7, 11) is 0. The van der Waals surface area contributed by atoms with Gasteiger partial charge in [0.05, 0.1) is 12.7 Å². The zero-order valence-electron chi connectivity index (χ0n) is 24.9. The van der Waals surface area contributed by atoms with Crippen molar-refractivity contribution in [1.82, 2.24) is 4.90 Å². The van der Waals surface area contributed by atoms with Crippen molar-refractivity contribution in [3.05, 3.63) is 34.9 Å². The zero-order valence-corrected chi connectivity index (χ0v) is 24.9. The van der Waals surface area contributed by atoms with Gasteiger partial charge in [-0.15, -0.1) is 0 Å². The molecule has 1 aromatic carbocycles. The zero-order chi connectivity index (χ0) is 28.2. The predicted octanol–water partition coefficient (Wildman–Crippen LogP) is 6.48. The van der Waals surface area contributed by atoms with Crippen molar-refractivity contribution in [2.75, 3.05) is 26.2 Å². The Kier molecular flexibility index (Phi) is 9.69. The van der Waals surface area contributed by atoms with Crippen LogP contribution < -0.4 is 4.74 Å². The molecule has 0 spiro atoms. The van der Waals surface area contributed by atoms with E-state index >= 15 is 0 Å². The number of aliphatic hydroxyl groups excluding tert-OH is 1. The summed E-state index contributed by atoms with van der Waals surface area (Å²) in [5.74, 6) is 1.81. The first-order valence-electron chi connectivity index (χ1n) is 15.3. The van der Waals surface area contributed by atoms with E-state index < -0.39 is 6.10 Å². The molecule has 0 aromatic heterocycles. The third-order valence-corrected chi connectivity index (χ3v) is 9.63. The highest BCUT2D eigenvalue weighted by Gasteiger charge is 2.47. The van der Waals surface area contributed by atoms with Gasteiger partial charge in [-0.05, 0) is 81.2 Å². The second-order valence-corrected chi connectivity index (χ2v) is 13.5. The Bertz CT molecular complexity index is 1020. The first kappa shape index (κ1) is 29.9. The average molecular weight is 542 g/mol. The molecule has 1 aromatic rings. The molecule has 0 bridgehead atoms. The number of hydrogen-bond acceptors (Lipinski definition) is 6. The first-order chi connectivity index (χ1) is 18.6. The van der Waals surface area contributed by atoms with Crippen molar-refractivity contribution in [3.8, 4) is 11.5 Å². The van der Waals surface area contributed by atoms with Crippen LogP contribution in [0.1, 0.15) is 109 Å². The minimum atomic E-state index is -0.547. The minimum absolute atomic E-state index is 0.0402. The lowest BCUT2D eigenvalue weighted by atomic mass is 9.66. The number of rotatable bonds is 12. The summed E-state index contributed by atoms with van der Waals surface area (Å²) in [6.07, 6.45) is 11.3. The molecule has 2 heterocycles. The topological polar surface area (TPSA) is 79.2 Å². The van der Waals surface area contributed by atoms with Crippen LogP contribution in [-0.2, 0) is 14.9 Å². The molecule has 39 heavy (non-hydrogen) atoms. The third kappa shape index (κ3) is 7.00. The number of piperidine rings is 1. The van der Waals surface area contributed by atoms with Gasteiger partial charge in [-0.1, -0.05) is 52.5 Å². The molecule has 1 aliphatic carbocycles. The Labute approximate surface area is 235 Å². The van der Waals surface area contributed by atoms with E-state index in [0.29, 0.717) is 31.3 Å². The lowest BCUT2D eigenvalue weighted by molar-refractivity contribution is -0.130. The standard InChI is InChI=1S/C33H51NO5/c1-6-7-8-9-14-32(2,3)25-17-28(36)31-26-16-24(12-13-27(26)33(4,5)39-30(31)18-25)29(37)20-34-15-10-11-23(19-34)21-38-22-35/h12,17-18,22-23,26-27,29,36-37H,6-11,13-16,19-21H2,1-5H3/t23-,26?,27-,29?/m1/s1. The van der Waals surface area contributed by atoms with Gasteiger partial charge >= 0.3 is 0 Å². The molecule has 2 N–H and O–H groups in total. The predicted molar refractivity (Wildman–Crippen MR) is 155 cm³/mol. The van der Waals surface area contributed by atoms with Crippen LogP contribution in [0.4, 0.5) is 0 Å². The number of aliphatic hydroxyl groups is 1. The van der Waals surface area contributed by atoms with Gasteiger partial charge in [0.1, 0.15) is 17.1 Å². The molecule has 4 atom stereocenters. The van der Waals surface area contributed by atoms with E-state index in [2.05, 4.69) is 51.7 Å². The van der Waals surface area contributed by atoms with Crippen LogP contribution in [0.25, 0.3) is 0 Å². The fourth-order valence-electron chi connectivity index (χ4n) is 7.21. The van der Waals surface area contributed by atoms with Crippen molar-refractivity contribution in [3.63, 3.8) is 0 Å². The van der Waals surface area contributed by atoms with Gasteiger partial charge in [0.2, 0.25) is 0 Å². The largest absolute Gasteiger partial charge is 0.508 e. The molecule has 0 saturated carbocycles. The Hall–Kier alpha value is -2.05. The van der Waals surface area contributed by atoms with Crippen LogP contribution in [0.5, 0.6) is 11.5 Å². The number of allylic oxidation sites excluding steroid dienone is 1. The summed E-state index contributed by atoms with van der Waals surface area (Å²) < 4.78 is 11.6. The number of carbonyl (C=O) groups is 1. The molecule has 218 valence electrons. The molecule has 2 unspecified atom stereocenters. The molecule has 1 saturated heterocycles. The van der Waals surface area contributed by atoms with Crippen molar-refractivity contribution < 1.29 is 24.5 Å². The monoisotopic (exact) mass is 541 g/mol. The molecular formula is C33H51NO5. The number of carbonyl (C=O) groups excluding carboxylic acids is 1. The summed E-state index contributed by atoms with van der Waals surface area (Å²) in [5, 5.41) is 22.7. The van der Waals surface area contributed by atoms with Gasteiger partial charge < -0.3 is 24.6 Å². The highest BCUT2D eigenvalue weighted by atomic mass is 16.5. The van der Waals surface area contributed by atoms with Gasteiger partial charge in [0, 0.05) is 36.4 Å². The SMILES string of the molecule is CCCCCCC(C)(C)c1cc(O)c2c(c1)OC(C)(C)[C@@H]1CC=C(C(O)CN3CCC[C@@H](COC=O)C3)CC21. The highest BCUT2D eigenvalue weighted by Crippen LogP contribution is 2.55. The van der Waals surface area contributed by atoms with Crippen LogP contribution >= 0.6 is 0 Å². The van der Waals surface area contributed by atoms with E-state index in [9.17, 15) is 15.0 Å². The fraction of sp³-hybridized carbons (Fsp3) is 0.727. The van der Waals surface area contributed by atoms with Crippen LogP contribution in [0, 0.1) is 11.8 Å². The van der Waals surface area contributed by atoms with Crippen LogP contribution in [-0.4, -0.2) is 59.5 Å². The summed E-state index contributed by atoms with van der Waals surface area (Å²) >= 11 is 0. The molecule has 0 amide bonds. The van der Waals surface area contributed by atoms with Gasteiger partial charge in [-0.2, -0.15) is 0 Å². The summed E-state index contributed by atoms with van der Waals surface area (Å²) in [5.41, 5.74) is 2.70. The number of aromatic hydroxyl groups is 1. The maximum Gasteiger partial charge on any atom is 0.293 e. The number of nitrogens with zero attached hydrogens (tertiary/aromatic N) is 1. The molecule has 4 rings (SSSR count). The van der Waals surface area contributed by atoms with Gasteiger partial charge in [-0.25, -0.2) is 0 Å². The van der Waals surface area contributed by atoms with Crippen LogP contribution in [0.3, 0.4) is 0 Å². The quantitative estimate of drug-likeness (QED) is 0.179. The Morgan fingerprint density at radius 3 is 2.79 bits per heavy atom. The maximum atomic E-state index is 11.4. The molecule has 0 radical (unpaired) electrons. The van der Waals surface area contributed by atoms with Gasteiger partial charge in [-0.3, -0.25) is 4.79 Å². The number of unbranched alkanes of at least 4 members (excludes halogenated alkanes) is 3. The normalized spacial score (nSPS) is 25.6. The van der Waals surface area contributed by atoms with Crippen molar-refractivity contribution in [2.45, 2.75) is 115 Å². The number of benzene rings is 1. The lowest BCUT2D eigenvalue weighted by Crippen LogP contribution is -2.47. The number of hydrogen-bond donors (Lipinski definition) is 2. The average Bonchev–Trinajstić information content (AvgIpc) is 2.89. The molecule has 2 aliphatic heterocycles. The number of phenolic OH excluding ortho intramolecular Hbond substituents is 1. The molecule has 6 nitrogen and oxygen atoms in total. The Balaban J connectivity index is 1.50.